The molecule has 0 heterocycles. The van der Waals surface area contributed by atoms with Gasteiger partial charge in [-0.05, 0) is 29.6 Å². The van der Waals surface area contributed by atoms with Gasteiger partial charge in [-0.3, -0.25) is 0 Å². The van der Waals surface area contributed by atoms with E-state index in [1.54, 1.807) is 0 Å². The Hall–Kier alpha value is 0.480. The van der Waals surface area contributed by atoms with Crippen molar-refractivity contribution < 1.29 is 0 Å². The van der Waals surface area contributed by atoms with Gasteiger partial charge in [0.05, 0.1) is 0 Å². The molecule has 0 nitrogen and oxygen atoms in total. The van der Waals surface area contributed by atoms with Gasteiger partial charge in [-0.1, -0.05) is 43.6 Å². The first-order valence-corrected chi connectivity index (χ1v) is 5.65. The molecule has 0 aromatic rings. The lowest BCUT2D eigenvalue weighted by Gasteiger charge is -2.27. The summed E-state index contributed by atoms with van der Waals surface area (Å²) in [5, 5.41) is 1.21. The van der Waals surface area contributed by atoms with Crippen LogP contribution in [-0.2, 0) is 0 Å². The zero-order valence-electron chi connectivity index (χ0n) is 8.02. The van der Waals surface area contributed by atoms with E-state index in [1.165, 1.54) is 11.8 Å². The van der Waals surface area contributed by atoms with Gasteiger partial charge in [0, 0.05) is 5.33 Å². The molecule has 66 valence electrons. The molecule has 0 aromatic carbocycles. The Kier molecular flexibility index (Phi) is 2.68. The maximum absolute atomic E-state index is 3.55. The summed E-state index contributed by atoms with van der Waals surface area (Å²) in [6, 6.07) is 0. The van der Waals surface area contributed by atoms with Crippen LogP contribution in [0.15, 0.2) is 0 Å². The maximum Gasteiger partial charge on any atom is 0.00625 e. The normalized spacial score (nSPS) is 33.5. The molecule has 0 bridgehead atoms. The average molecular weight is 219 g/mol. The van der Waals surface area contributed by atoms with Crippen LogP contribution in [0.5, 0.6) is 0 Å². The zero-order valence-corrected chi connectivity index (χ0v) is 9.61. The minimum Gasteiger partial charge on any atom is -0.0925 e. The van der Waals surface area contributed by atoms with Crippen molar-refractivity contribution in [1.82, 2.24) is 0 Å². The molecule has 0 amide bonds. The molecule has 11 heavy (non-hydrogen) atoms. The molecule has 0 spiro atoms. The van der Waals surface area contributed by atoms with Gasteiger partial charge in [0.25, 0.3) is 0 Å². The van der Waals surface area contributed by atoms with E-state index in [0.29, 0.717) is 5.41 Å². The van der Waals surface area contributed by atoms with Gasteiger partial charge in [-0.2, -0.15) is 0 Å². The van der Waals surface area contributed by atoms with E-state index in [-0.39, 0.29) is 0 Å². The van der Waals surface area contributed by atoms with Crippen molar-refractivity contribution in [3.8, 4) is 0 Å². The van der Waals surface area contributed by atoms with Gasteiger partial charge in [0.15, 0.2) is 0 Å². The summed E-state index contributed by atoms with van der Waals surface area (Å²) < 4.78 is 0. The fourth-order valence-electron chi connectivity index (χ4n) is 1.70. The minimum absolute atomic E-state index is 0.502. The van der Waals surface area contributed by atoms with Gasteiger partial charge in [-0.25, -0.2) is 0 Å². The number of hydrogen-bond acceptors (Lipinski definition) is 0. The van der Waals surface area contributed by atoms with E-state index in [0.717, 1.165) is 17.8 Å². The molecule has 0 aliphatic heterocycles. The van der Waals surface area contributed by atoms with Gasteiger partial charge in [-0.15, -0.1) is 0 Å². The van der Waals surface area contributed by atoms with E-state index >= 15 is 0 Å². The average Bonchev–Trinajstić information content (AvgIpc) is 2.62. The van der Waals surface area contributed by atoms with E-state index in [2.05, 4.69) is 43.6 Å². The maximum atomic E-state index is 3.55. The van der Waals surface area contributed by atoms with Gasteiger partial charge in [0.1, 0.15) is 0 Å². The summed E-state index contributed by atoms with van der Waals surface area (Å²) in [7, 11) is 0. The molecule has 1 aliphatic rings. The Morgan fingerprint density at radius 1 is 1.45 bits per heavy atom. The molecule has 0 aromatic heterocycles. The SMILES string of the molecule is CC(C1CC1CBr)C(C)(C)C. The van der Waals surface area contributed by atoms with Crippen LogP contribution in [0.25, 0.3) is 0 Å². The Morgan fingerprint density at radius 2 is 2.00 bits per heavy atom. The van der Waals surface area contributed by atoms with Gasteiger partial charge < -0.3 is 0 Å². The fraction of sp³-hybridized carbons (Fsp3) is 1.00. The molecular weight excluding hydrogens is 200 g/mol. The fourth-order valence-corrected chi connectivity index (χ4v) is 2.45. The smallest absolute Gasteiger partial charge is 0.00625 e. The van der Waals surface area contributed by atoms with E-state index in [4.69, 9.17) is 0 Å². The molecule has 0 radical (unpaired) electrons. The first-order chi connectivity index (χ1) is 4.96. The molecule has 1 aliphatic carbocycles. The number of alkyl halides is 1. The highest BCUT2D eigenvalue weighted by molar-refractivity contribution is 9.09. The van der Waals surface area contributed by atoms with E-state index in [9.17, 15) is 0 Å². The lowest BCUT2D eigenvalue weighted by molar-refractivity contribution is 0.225. The lowest BCUT2D eigenvalue weighted by Crippen LogP contribution is -2.19. The third-order valence-electron chi connectivity index (χ3n) is 3.18. The van der Waals surface area contributed by atoms with Crippen LogP contribution in [0.3, 0.4) is 0 Å². The number of rotatable bonds is 2. The second-order valence-electron chi connectivity index (χ2n) is 4.97. The Balaban J connectivity index is 2.39. The molecule has 1 heteroatoms. The third kappa shape index (κ3) is 2.21. The summed E-state index contributed by atoms with van der Waals surface area (Å²) in [5.74, 6) is 2.85. The first-order valence-electron chi connectivity index (χ1n) is 4.52. The van der Waals surface area contributed by atoms with E-state index < -0.39 is 0 Å². The summed E-state index contributed by atoms with van der Waals surface area (Å²) in [6.07, 6.45) is 1.45. The van der Waals surface area contributed by atoms with Crippen molar-refractivity contribution in [2.75, 3.05) is 5.33 Å². The minimum atomic E-state index is 0.502. The molecule has 1 fully saturated rings. The van der Waals surface area contributed by atoms with Crippen LogP contribution in [0.4, 0.5) is 0 Å². The van der Waals surface area contributed by atoms with Crippen molar-refractivity contribution in [2.24, 2.45) is 23.2 Å². The standard InChI is InChI=1S/C10H19Br/c1-7(10(2,3)4)9-5-8(9)6-11/h7-9H,5-6H2,1-4H3. The summed E-state index contributed by atoms with van der Waals surface area (Å²) in [4.78, 5) is 0. The zero-order chi connectivity index (χ0) is 8.65. The molecule has 0 saturated heterocycles. The van der Waals surface area contributed by atoms with Crippen molar-refractivity contribution in [1.29, 1.82) is 0 Å². The quantitative estimate of drug-likeness (QED) is 0.621. The van der Waals surface area contributed by atoms with Crippen LogP contribution in [0.1, 0.15) is 34.1 Å². The van der Waals surface area contributed by atoms with E-state index in [1.807, 2.05) is 0 Å². The van der Waals surface area contributed by atoms with Gasteiger partial charge >= 0.3 is 0 Å². The number of halogens is 1. The monoisotopic (exact) mass is 218 g/mol. The van der Waals surface area contributed by atoms with Gasteiger partial charge in [0.2, 0.25) is 0 Å². The van der Waals surface area contributed by atoms with Crippen LogP contribution in [0.2, 0.25) is 0 Å². The highest BCUT2D eigenvalue weighted by atomic mass is 79.9. The van der Waals surface area contributed by atoms with Crippen molar-refractivity contribution in [3.05, 3.63) is 0 Å². The number of hydrogen-bond donors (Lipinski definition) is 0. The summed E-state index contributed by atoms with van der Waals surface area (Å²) in [6.45, 7) is 9.44. The lowest BCUT2D eigenvalue weighted by atomic mass is 9.78. The largest absolute Gasteiger partial charge is 0.0925 e. The highest BCUT2D eigenvalue weighted by Gasteiger charge is 2.43. The second kappa shape index (κ2) is 3.08. The van der Waals surface area contributed by atoms with Crippen molar-refractivity contribution in [3.63, 3.8) is 0 Å². The predicted molar refractivity (Wildman–Crippen MR) is 54.0 cm³/mol. The second-order valence-corrected chi connectivity index (χ2v) is 5.62. The topological polar surface area (TPSA) is 0 Å². The molecule has 3 unspecified atom stereocenters. The van der Waals surface area contributed by atoms with Crippen LogP contribution in [0, 0.1) is 23.2 Å². The van der Waals surface area contributed by atoms with Crippen molar-refractivity contribution >= 4 is 15.9 Å². The summed E-state index contributed by atoms with van der Waals surface area (Å²) in [5.41, 5.74) is 0.502. The third-order valence-corrected chi connectivity index (χ3v) is 4.02. The molecule has 3 atom stereocenters. The molecule has 0 N–H and O–H groups in total. The van der Waals surface area contributed by atoms with Crippen LogP contribution < -0.4 is 0 Å². The molecular formula is C10H19Br. The molecule has 1 saturated carbocycles. The highest BCUT2D eigenvalue weighted by Crippen LogP contribution is 2.50. The Morgan fingerprint density at radius 3 is 2.27 bits per heavy atom. The summed E-state index contributed by atoms with van der Waals surface area (Å²) >= 11 is 3.55. The van der Waals surface area contributed by atoms with Crippen LogP contribution in [-0.4, -0.2) is 5.33 Å². The van der Waals surface area contributed by atoms with Crippen molar-refractivity contribution in [2.45, 2.75) is 34.1 Å². The first kappa shape index (κ1) is 9.57. The predicted octanol–water partition coefficient (Wildman–Crippen LogP) is 3.70. The van der Waals surface area contributed by atoms with Crippen LogP contribution >= 0.6 is 15.9 Å². The Labute approximate surface area is 78.9 Å². The molecule has 1 rings (SSSR count). The Bertz CT molecular complexity index is 134.